The van der Waals surface area contributed by atoms with Gasteiger partial charge in [-0.15, -0.1) is 0 Å². The molecule has 1 unspecified atom stereocenters. The van der Waals surface area contributed by atoms with Crippen molar-refractivity contribution in [2.75, 3.05) is 37.7 Å². The Morgan fingerprint density at radius 3 is 2.25 bits per heavy atom. The van der Waals surface area contributed by atoms with Gasteiger partial charge >= 0.3 is 11.9 Å². The third-order valence-electron chi connectivity index (χ3n) is 5.81. The molecule has 4 aliphatic heterocycles. The first-order valence-electron chi connectivity index (χ1n) is 10.5. The second kappa shape index (κ2) is 10.3. The van der Waals surface area contributed by atoms with E-state index in [1.807, 2.05) is 12.1 Å². The third kappa shape index (κ3) is 5.64. The zero-order chi connectivity index (χ0) is 23.3. The van der Waals surface area contributed by atoms with Gasteiger partial charge in [0.05, 0.1) is 17.8 Å². The van der Waals surface area contributed by atoms with Crippen LogP contribution in [-0.4, -0.2) is 77.7 Å². The predicted octanol–water partition coefficient (Wildman–Crippen LogP) is 0.968. The summed E-state index contributed by atoms with van der Waals surface area (Å²) >= 11 is 0. The second-order valence-electron chi connectivity index (χ2n) is 7.90. The number of carboxylic acids is 2. The molecule has 0 spiro atoms. The molecule has 0 saturated carbocycles. The lowest BCUT2D eigenvalue weighted by Gasteiger charge is -2.45. The smallest absolute Gasteiger partial charge is 0.328 e. The van der Waals surface area contributed by atoms with Crippen molar-refractivity contribution in [3.05, 3.63) is 35.9 Å². The highest BCUT2D eigenvalue weighted by Gasteiger charge is 2.35. The van der Waals surface area contributed by atoms with E-state index in [2.05, 4.69) is 10.2 Å². The highest BCUT2D eigenvalue weighted by Crippen LogP contribution is 2.35. The lowest BCUT2D eigenvalue weighted by atomic mass is 9.84. The number of nitrogens with one attached hydrogen (secondary N) is 1. The minimum Gasteiger partial charge on any atom is -0.489 e. The summed E-state index contributed by atoms with van der Waals surface area (Å²) in [4.78, 5) is 47.8. The Kier molecular flexibility index (Phi) is 7.47. The molecule has 32 heavy (non-hydrogen) atoms. The molecule has 4 aliphatic rings. The third-order valence-corrected chi connectivity index (χ3v) is 5.81. The number of piperidine rings is 3. The quantitative estimate of drug-likeness (QED) is 0.583. The van der Waals surface area contributed by atoms with Crippen molar-refractivity contribution in [2.45, 2.75) is 25.8 Å². The van der Waals surface area contributed by atoms with Crippen LogP contribution in [-0.2, 0) is 14.4 Å². The molecule has 10 heteroatoms. The van der Waals surface area contributed by atoms with E-state index >= 15 is 0 Å². The number of benzene rings is 1. The average molecular weight is 445 g/mol. The summed E-state index contributed by atoms with van der Waals surface area (Å²) < 4.78 is 5.74. The number of aliphatic carboxylic acids is 2. The van der Waals surface area contributed by atoms with Gasteiger partial charge in [0.15, 0.2) is 5.75 Å². The monoisotopic (exact) mass is 445 g/mol. The molecule has 3 saturated heterocycles. The van der Waals surface area contributed by atoms with Gasteiger partial charge < -0.3 is 30.1 Å². The number of hydrogen-bond donors (Lipinski definition) is 3. The maximum atomic E-state index is 12.8. The number of amides is 2. The van der Waals surface area contributed by atoms with E-state index in [9.17, 15) is 19.2 Å². The van der Waals surface area contributed by atoms with Crippen molar-refractivity contribution in [3.63, 3.8) is 0 Å². The minimum atomic E-state index is -1.26. The van der Waals surface area contributed by atoms with E-state index in [1.54, 1.807) is 11.0 Å². The van der Waals surface area contributed by atoms with Gasteiger partial charge in [0.1, 0.15) is 6.61 Å². The zero-order valence-corrected chi connectivity index (χ0v) is 17.8. The summed E-state index contributed by atoms with van der Waals surface area (Å²) in [6.07, 6.45) is 3.43. The fourth-order valence-corrected chi connectivity index (χ4v) is 4.27. The summed E-state index contributed by atoms with van der Waals surface area (Å²) in [5.74, 6) is -1.55. The Labute approximate surface area is 185 Å². The van der Waals surface area contributed by atoms with E-state index in [0.29, 0.717) is 48.2 Å². The zero-order valence-electron chi connectivity index (χ0n) is 17.8. The molecule has 1 atom stereocenters. The minimum absolute atomic E-state index is 0.0329. The SMILES string of the molecule is CC(=O)N1CCOc2c(C(=O)NC3CN4CCC3CC4)cccc21.O=C(O)/C=C/C(=O)O. The van der Waals surface area contributed by atoms with Crippen molar-refractivity contribution in [3.8, 4) is 5.75 Å². The molecule has 0 radical (unpaired) electrons. The highest BCUT2D eigenvalue weighted by molar-refractivity contribution is 6.02. The number of hydrogen-bond acceptors (Lipinski definition) is 6. The number of carbonyl (C=O) groups excluding carboxylic acids is 2. The molecule has 0 aromatic heterocycles. The van der Waals surface area contributed by atoms with E-state index < -0.39 is 11.9 Å². The van der Waals surface area contributed by atoms with Gasteiger partial charge in [-0.25, -0.2) is 9.59 Å². The molecule has 5 rings (SSSR count). The molecule has 3 N–H and O–H groups in total. The molecule has 1 aromatic carbocycles. The summed E-state index contributed by atoms with van der Waals surface area (Å²) in [6.45, 7) is 5.70. The van der Waals surface area contributed by atoms with Crippen LogP contribution in [0, 0.1) is 5.92 Å². The lowest BCUT2D eigenvalue weighted by molar-refractivity contribution is -0.134. The topological polar surface area (TPSA) is 136 Å². The molecule has 2 bridgehead atoms. The Morgan fingerprint density at radius 2 is 1.72 bits per heavy atom. The highest BCUT2D eigenvalue weighted by atomic mass is 16.5. The molecule has 1 aromatic rings. The normalized spacial score (nSPS) is 23.4. The van der Waals surface area contributed by atoms with Crippen LogP contribution in [0.2, 0.25) is 0 Å². The van der Waals surface area contributed by atoms with Gasteiger partial charge in [0, 0.05) is 31.7 Å². The first-order valence-corrected chi connectivity index (χ1v) is 10.5. The number of anilines is 1. The molecular formula is C22H27N3O7. The molecule has 2 amide bonds. The van der Waals surface area contributed by atoms with Gasteiger partial charge in [0.2, 0.25) is 5.91 Å². The van der Waals surface area contributed by atoms with Crippen LogP contribution in [0.3, 0.4) is 0 Å². The number of ether oxygens (including phenoxy) is 1. The molecule has 0 aliphatic carbocycles. The lowest BCUT2D eigenvalue weighted by Crippen LogP contribution is -2.57. The van der Waals surface area contributed by atoms with Gasteiger partial charge in [-0.3, -0.25) is 9.59 Å². The van der Waals surface area contributed by atoms with Crippen molar-refractivity contribution in [1.82, 2.24) is 10.2 Å². The number of rotatable bonds is 4. The fourth-order valence-electron chi connectivity index (χ4n) is 4.27. The van der Waals surface area contributed by atoms with Crippen LogP contribution in [0.15, 0.2) is 30.4 Å². The molecule has 3 fully saturated rings. The van der Waals surface area contributed by atoms with Crippen LogP contribution in [0.4, 0.5) is 5.69 Å². The molecule has 4 heterocycles. The van der Waals surface area contributed by atoms with Crippen LogP contribution in [0.5, 0.6) is 5.75 Å². The standard InChI is InChI=1S/C18H23N3O3.C4H4O4/c1-12(22)21-9-10-24-17-14(3-2-4-16(17)21)18(23)19-15-11-20-7-5-13(15)6-8-20;5-3(6)1-2-4(7)8/h2-4,13,15H,5-11H2,1H3,(H,19,23);1-2H,(H,5,6)(H,7,8)/b;2-1+. The number of carboxylic acid groups (broad SMARTS) is 2. The van der Waals surface area contributed by atoms with Crippen molar-refractivity contribution in [2.24, 2.45) is 5.92 Å². The predicted molar refractivity (Wildman–Crippen MR) is 115 cm³/mol. The van der Waals surface area contributed by atoms with Crippen LogP contribution in [0.1, 0.15) is 30.1 Å². The maximum absolute atomic E-state index is 12.8. The summed E-state index contributed by atoms with van der Waals surface area (Å²) in [6, 6.07) is 5.64. The number of carbonyl (C=O) groups is 4. The molecule has 10 nitrogen and oxygen atoms in total. The van der Waals surface area contributed by atoms with Crippen LogP contribution >= 0.6 is 0 Å². The summed E-state index contributed by atoms with van der Waals surface area (Å²) in [5, 5.41) is 18.8. The number of nitrogens with zero attached hydrogens (tertiary/aromatic N) is 2. The molecular weight excluding hydrogens is 418 g/mol. The largest absolute Gasteiger partial charge is 0.489 e. The van der Waals surface area contributed by atoms with E-state index in [-0.39, 0.29) is 17.9 Å². The van der Waals surface area contributed by atoms with Crippen molar-refractivity contribution < 1.29 is 34.1 Å². The van der Waals surface area contributed by atoms with Gasteiger partial charge in [-0.1, -0.05) is 6.07 Å². The van der Waals surface area contributed by atoms with Crippen LogP contribution < -0.4 is 15.0 Å². The average Bonchev–Trinajstić information content (AvgIpc) is 2.78. The Balaban J connectivity index is 0.000000312. The number of para-hydroxylation sites is 1. The van der Waals surface area contributed by atoms with Crippen LogP contribution in [0.25, 0.3) is 0 Å². The fraction of sp³-hybridized carbons (Fsp3) is 0.455. The summed E-state index contributed by atoms with van der Waals surface area (Å²) in [5.41, 5.74) is 1.21. The van der Waals surface area contributed by atoms with E-state index in [4.69, 9.17) is 14.9 Å². The number of fused-ring (bicyclic) bond motifs is 4. The van der Waals surface area contributed by atoms with Gasteiger partial charge in [0.25, 0.3) is 5.91 Å². The van der Waals surface area contributed by atoms with Gasteiger partial charge in [-0.2, -0.15) is 0 Å². The first-order chi connectivity index (χ1) is 15.3. The van der Waals surface area contributed by atoms with Crippen molar-refractivity contribution >= 4 is 29.4 Å². The Morgan fingerprint density at radius 1 is 1.06 bits per heavy atom. The van der Waals surface area contributed by atoms with E-state index in [0.717, 1.165) is 32.5 Å². The van der Waals surface area contributed by atoms with Crippen molar-refractivity contribution in [1.29, 1.82) is 0 Å². The Hall–Kier alpha value is -3.40. The van der Waals surface area contributed by atoms with Gasteiger partial charge in [-0.05, 0) is 44.0 Å². The molecule has 172 valence electrons. The second-order valence-corrected chi connectivity index (χ2v) is 7.90. The Bertz CT molecular complexity index is 906. The maximum Gasteiger partial charge on any atom is 0.328 e. The first kappa shape index (κ1) is 23.3. The summed E-state index contributed by atoms with van der Waals surface area (Å²) in [7, 11) is 0. The van der Waals surface area contributed by atoms with E-state index in [1.165, 1.54) is 6.92 Å².